The third kappa shape index (κ3) is 4.07. The fraction of sp³-hybridized carbons (Fsp3) is 0.250. The van der Waals surface area contributed by atoms with Crippen LogP contribution in [-0.2, 0) is 6.54 Å². The Balaban J connectivity index is 1.26. The molecule has 2 N–H and O–H groups in total. The topological polar surface area (TPSA) is 104 Å². The van der Waals surface area contributed by atoms with Gasteiger partial charge in [-0.3, -0.25) is 20.0 Å². The predicted molar refractivity (Wildman–Crippen MR) is 143 cm³/mol. The standard InChI is InChI=1S/C28H27N9/c1-18-15-37(17-31-18)26-14-30-13-25-21(26)10-24(32-25)28-27-23(34-35-28)6-5-22(33-27)20-9-19(11-29-12-20)16-36-7-3-2-4-8-36/h5-6,9-15,17,32H,2-4,7-8,16H2,1H3,(H,34,35). The summed E-state index contributed by atoms with van der Waals surface area (Å²) in [6, 6.07) is 8.38. The number of fused-ring (bicyclic) bond motifs is 2. The van der Waals surface area contributed by atoms with Gasteiger partial charge in [-0.1, -0.05) is 6.42 Å². The Hall–Kier alpha value is -4.37. The van der Waals surface area contributed by atoms with Gasteiger partial charge in [0.2, 0.25) is 0 Å². The Labute approximate surface area is 213 Å². The molecule has 9 nitrogen and oxygen atoms in total. The molecule has 0 amide bonds. The molecular weight excluding hydrogens is 462 g/mol. The molecule has 1 aliphatic heterocycles. The normalized spacial score (nSPS) is 14.6. The van der Waals surface area contributed by atoms with E-state index >= 15 is 0 Å². The van der Waals surface area contributed by atoms with Crippen LogP contribution < -0.4 is 0 Å². The fourth-order valence-electron chi connectivity index (χ4n) is 5.26. The van der Waals surface area contributed by atoms with E-state index < -0.39 is 0 Å². The quantitative estimate of drug-likeness (QED) is 0.351. The molecule has 6 aromatic rings. The highest BCUT2D eigenvalue weighted by atomic mass is 15.1. The van der Waals surface area contributed by atoms with Crippen LogP contribution in [0.15, 0.2) is 61.6 Å². The molecule has 0 saturated carbocycles. The lowest BCUT2D eigenvalue weighted by Crippen LogP contribution is -2.29. The van der Waals surface area contributed by atoms with E-state index in [0.717, 1.165) is 75.6 Å². The minimum Gasteiger partial charge on any atom is -0.352 e. The van der Waals surface area contributed by atoms with Crippen LogP contribution in [0.4, 0.5) is 0 Å². The van der Waals surface area contributed by atoms with Gasteiger partial charge in [0, 0.05) is 36.1 Å². The van der Waals surface area contributed by atoms with Crippen LogP contribution in [0.5, 0.6) is 0 Å². The summed E-state index contributed by atoms with van der Waals surface area (Å²) >= 11 is 0. The molecule has 1 fully saturated rings. The lowest BCUT2D eigenvalue weighted by molar-refractivity contribution is 0.220. The van der Waals surface area contributed by atoms with Crippen LogP contribution in [0, 0.1) is 6.92 Å². The van der Waals surface area contributed by atoms with E-state index in [4.69, 9.17) is 4.98 Å². The molecule has 9 heteroatoms. The SMILES string of the molecule is Cc1cn(-c2cncc3[nH]c(-c4n[nH]c5ccc(-c6cncc(CN7CCCCC7)c6)nc45)cc23)cn1. The zero-order chi connectivity index (χ0) is 24.8. The van der Waals surface area contributed by atoms with Crippen LogP contribution in [0.1, 0.15) is 30.5 Å². The van der Waals surface area contributed by atoms with Crippen molar-refractivity contribution in [3.05, 3.63) is 72.8 Å². The first kappa shape index (κ1) is 21.9. The van der Waals surface area contributed by atoms with Crippen molar-refractivity contribution in [2.24, 2.45) is 0 Å². The van der Waals surface area contributed by atoms with E-state index in [2.05, 4.69) is 47.2 Å². The largest absolute Gasteiger partial charge is 0.352 e. The van der Waals surface area contributed by atoms with Crippen LogP contribution in [0.3, 0.4) is 0 Å². The molecule has 0 aliphatic carbocycles. The highest BCUT2D eigenvalue weighted by Crippen LogP contribution is 2.31. The minimum atomic E-state index is 0.776. The van der Waals surface area contributed by atoms with Gasteiger partial charge in [0.05, 0.1) is 52.5 Å². The summed E-state index contributed by atoms with van der Waals surface area (Å²) in [7, 11) is 0. The van der Waals surface area contributed by atoms with Crippen LogP contribution >= 0.6 is 0 Å². The zero-order valence-corrected chi connectivity index (χ0v) is 20.6. The van der Waals surface area contributed by atoms with Crippen LogP contribution in [0.2, 0.25) is 0 Å². The number of imidazole rings is 1. The van der Waals surface area contributed by atoms with Gasteiger partial charge in [0.25, 0.3) is 0 Å². The number of piperidine rings is 1. The van der Waals surface area contributed by atoms with Gasteiger partial charge in [-0.15, -0.1) is 0 Å². The van der Waals surface area contributed by atoms with E-state index in [1.807, 2.05) is 60.9 Å². The Morgan fingerprint density at radius 1 is 0.946 bits per heavy atom. The second-order valence-electron chi connectivity index (χ2n) is 9.81. The number of hydrogen-bond acceptors (Lipinski definition) is 6. The molecule has 7 heterocycles. The van der Waals surface area contributed by atoms with Crippen LogP contribution in [-0.4, -0.2) is 57.7 Å². The number of pyridine rings is 3. The van der Waals surface area contributed by atoms with Crippen molar-refractivity contribution in [2.75, 3.05) is 13.1 Å². The third-order valence-electron chi connectivity index (χ3n) is 7.12. The smallest absolute Gasteiger partial charge is 0.135 e. The fourth-order valence-corrected chi connectivity index (χ4v) is 5.26. The van der Waals surface area contributed by atoms with Crippen molar-refractivity contribution in [3.8, 4) is 28.3 Å². The van der Waals surface area contributed by atoms with Crippen molar-refractivity contribution in [3.63, 3.8) is 0 Å². The summed E-state index contributed by atoms with van der Waals surface area (Å²) in [5.74, 6) is 0. The van der Waals surface area contributed by atoms with E-state index in [9.17, 15) is 0 Å². The number of H-pyrrole nitrogens is 2. The Morgan fingerprint density at radius 3 is 2.70 bits per heavy atom. The molecule has 184 valence electrons. The summed E-state index contributed by atoms with van der Waals surface area (Å²) in [4.78, 5) is 24.3. The summed E-state index contributed by atoms with van der Waals surface area (Å²) in [5.41, 5.74) is 9.34. The first-order valence-electron chi connectivity index (χ1n) is 12.7. The maximum absolute atomic E-state index is 5.03. The Bertz CT molecular complexity index is 1720. The average Bonchev–Trinajstić information content (AvgIpc) is 3.66. The molecule has 0 aromatic carbocycles. The molecule has 0 atom stereocenters. The molecule has 37 heavy (non-hydrogen) atoms. The molecule has 6 aromatic heterocycles. The Morgan fingerprint density at radius 2 is 1.84 bits per heavy atom. The van der Waals surface area contributed by atoms with Gasteiger partial charge in [0.15, 0.2) is 0 Å². The number of hydrogen-bond donors (Lipinski definition) is 2. The van der Waals surface area contributed by atoms with Crippen LogP contribution in [0.25, 0.3) is 50.3 Å². The number of nitrogens with zero attached hydrogens (tertiary/aromatic N) is 7. The molecule has 0 radical (unpaired) electrons. The second-order valence-corrected chi connectivity index (χ2v) is 9.81. The maximum atomic E-state index is 5.03. The zero-order valence-electron chi connectivity index (χ0n) is 20.6. The number of aromatic amines is 2. The first-order valence-corrected chi connectivity index (χ1v) is 12.7. The van der Waals surface area contributed by atoms with Crippen molar-refractivity contribution in [1.29, 1.82) is 0 Å². The average molecular weight is 490 g/mol. The highest BCUT2D eigenvalue weighted by Gasteiger charge is 2.16. The van der Waals surface area contributed by atoms with E-state index in [1.54, 1.807) is 0 Å². The molecule has 0 bridgehead atoms. The predicted octanol–water partition coefficient (Wildman–Crippen LogP) is 5.04. The monoisotopic (exact) mass is 489 g/mol. The van der Waals surface area contributed by atoms with Gasteiger partial charge < -0.3 is 9.55 Å². The van der Waals surface area contributed by atoms with Crippen molar-refractivity contribution >= 4 is 21.9 Å². The first-order chi connectivity index (χ1) is 18.2. The second kappa shape index (κ2) is 8.94. The van der Waals surface area contributed by atoms with Crippen molar-refractivity contribution in [2.45, 2.75) is 32.7 Å². The number of likely N-dealkylation sites (tertiary alicyclic amines) is 1. The Kier molecular flexibility index (Phi) is 5.28. The molecular formula is C28H27N9. The molecule has 1 aliphatic rings. The maximum Gasteiger partial charge on any atom is 0.135 e. The molecule has 1 saturated heterocycles. The van der Waals surface area contributed by atoms with E-state index in [-0.39, 0.29) is 0 Å². The van der Waals surface area contributed by atoms with Gasteiger partial charge in [-0.2, -0.15) is 5.10 Å². The summed E-state index contributed by atoms with van der Waals surface area (Å²) in [6.07, 6.45) is 15.2. The van der Waals surface area contributed by atoms with Crippen molar-refractivity contribution in [1.82, 2.24) is 44.6 Å². The van der Waals surface area contributed by atoms with Crippen molar-refractivity contribution < 1.29 is 0 Å². The van der Waals surface area contributed by atoms with Gasteiger partial charge in [-0.25, -0.2) is 9.97 Å². The number of nitrogens with one attached hydrogen (secondary N) is 2. The van der Waals surface area contributed by atoms with Gasteiger partial charge >= 0.3 is 0 Å². The number of aromatic nitrogens is 8. The molecule has 0 spiro atoms. The lowest BCUT2D eigenvalue weighted by atomic mass is 10.1. The minimum absolute atomic E-state index is 0.776. The van der Waals surface area contributed by atoms with Gasteiger partial charge in [-0.05, 0) is 62.7 Å². The molecule has 0 unspecified atom stereocenters. The highest BCUT2D eigenvalue weighted by molar-refractivity contribution is 5.96. The van der Waals surface area contributed by atoms with E-state index in [1.165, 1.54) is 24.8 Å². The van der Waals surface area contributed by atoms with Gasteiger partial charge in [0.1, 0.15) is 11.2 Å². The van der Waals surface area contributed by atoms with E-state index in [0.29, 0.717) is 0 Å². The summed E-state index contributed by atoms with van der Waals surface area (Å²) in [6.45, 7) is 5.23. The molecule has 7 rings (SSSR count). The number of aryl methyl sites for hydroxylation is 1. The summed E-state index contributed by atoms with van der Waals surface area (Å²) < 4.78 is 1.99. The lowest BCUT2D eigenvalue weighted by Gasteiger charge is -2.26. The third-order valence-corrected chi connectivity index (χ3v) is 7.12. The summed E-state index contributed by atoms with van der Waals surface area (Å²) in [5, 5.41) is 8.80. The number of rotatable bonds is 5.